The summed E-state index contributed by atoms with van der Waals surface area (Å²) in [6.07, 6.45) is 5.48. The molecule has 4 heterocycles. The van der Waals surface area contributed by atoms with E-state index in [2.05, 4.69) is 25.5 Å². The third-order valence-corrected chi connectivity index (χ3v) is 4.60. The SMILES string of the molecule is CCn1c(C2CCCNC2)nn(Cc2nc(-c3cccnc3)no2)c1=O. The van der Waals surface area contributed by atoms with Crippen LogP contribution in [-0.2, 0) is 13.1 Å². The van der Waals surface area contributed by atoms with E-state index in [1.165, 1.54) is 4.68 Å². The molecule has 0 radical (unpaired) electrons. The lowest BCUT2D eigenvalue weighted by atomic mass is 9.99. The average molecular weight is 355 g/mol. The summed E-state index contributed by atoms with van der Waals surface area (Å²) in [5.74, 6) is 1.88. The summed E-state index contributed by atoms with van der Waals surface area (Å²) in [5, 5.41) is 11.9. The van der Waals surface area contributed by atoms with Gasteiger partial charge in [0, 0.05) is 37.0 Å². The summed E-state index contributed by atoms with van der Waals surface area (Å²) in [7, 11) is 0. The normalized spacial score (nSPS) is 17.5. The predicted octanol–water partition coefficient (Wildman–Crippen LogP) is 1.03. The number of piperidine rings is 1. The molecule has 0 amide bonds. The molecular weight excluding hydrogens is 334 g/mol. The number of nitrogens with zero attached hydrogens (tertiary/aromatic N) is 6. The van der Waals surface area contributed by atoms with Gasteiger partial charge in [0.15, 0.2) is 0 Å². The maximum Gasteiger partial charge on any atom is 0.346 e. The summed E-state index contributed by atoms with van der Waals surface area (Å²) in [4.78, 5) is 21.1. The highest BCUT2D eigenvalue weighted by Gasteiger charge is 2.24. The highest BCUT2D eigenvalue weighted by Crippen LogP contribution is 2.21. The fourth-order valence-electron chi connectivity index (χ4n) is 3.29. The first-order valence-electron chi connectivity index (χ1n) is 8.87. The molecule has 1 fully saturated rings. The number of hydrogen-bond donors (Lipinski definition) is 1. The highest BCUT2D eigenvalue weighted by atomic mass is 16.5. The van der Waals surface area contributed by atoms with Crippen LogP contribution in [0.3, 0.4) is 0 Å². The molecule has 136 valence electrons. The second-order valence-electron chi connectivity index (χ2n) is 6.34. The van der Waals surface area contributed by atoms with Gasteiger partial charge in [-0.15, -0.1) is 0 Å². The van der Waals surface area contributed by atoms with Crippen LogP contribution in [0.15, 0.2) is 33.8 Å². The van der Waals surface area contributed by atoms with Crippen LogP contribution in [0.4, 0.5) is 0 Å². The molecule has 1 saturated heterocycles. The van der Waals surface area contributed by atoms with Gasteiger partial charge < -0.3 is 9.84 Å². The second kappa shape index (κ2) is 7.20. The molecule has 3 aromatic heterocycles. The quantitative estimate of drug-likeness (QED) is 0.729. The van der Waals surface area contributed by atoms with E-state index in [0.29, 0.717) is 18.3 Å². The van der Waals surface area contributed by atoms with Gasteiger partial charge in [-0.1, -0.05) is 5.16 Å². The first-order valence-corrected chi connectivity index (χ1v) is 8.87. The number of aromatic nitrogens is 6. The lowest BCUT2D eigenvalue weighted by Gasteiger charge is -2.21. The molecule has 9 heteroatoms. The first kappa shape index (κ1) is 16.6. The minimum absolute atomic E-state index is 0.144. The van der Waals surface area contributed by atoms with Crippen LogP contribution in [0.1, 0.15) is 37.4 Å². The third-order valence-electron chi connectivity index (χ3n) is 4.60. The second-order valence-corrected chi connectivity index (χ2v) is 6.34. The van der Waals surface area contributed by atoms with Gasteiger partial charge in [-0.3, -0.25) is 9.55 Å². The Labute approximate surface area is 150 Å². The van der Waals surface area contributed by atoms with Gasteiger partial charge in [-0.2, -0.15) is 10.1 Å². The van der Waals surface area contributed by atoms with Gasteiger partial charge in [-0.05, 0) is 38.4 Å². The van der Waals surface area contributed by atoms with Gasteiger partial charge in [0.05, 0.1) is 0 Å². The molecule has 1 aliphatic heterocycles. The maximum absolute atomic E-state index is 12.7. The van der Waals surface area contributed by atoms with Crippen molar-refractivity contribution in [1.82, 2.24) is 34.8 Å². The minimum atomic E-state index is -0.144. The Morgan fingerprint density at radius 1 is 1.42 bits per heavy atom. The Hall–Kier alpha value is -2.81. The van der Waals surface area contributed by atoms with Crippen molar-refractivity contribution < 1.29 is 4.52 Å². The summed E-state index contributed by atoms with van der Waals surface area (Å²) >= 11 is 0. The monoisotopic (exact) mass is 355 g/mol. The molecule has 0 aliphatic carbocycles. The maximum atomic E-state index is 12.7. The zero-order chi connectivity index (χ0) is 17.9. The Bertz CT molecular complexity index is 922. The summed E-state index contributed by atoms with van der Waals surface area (Å²) in [6.45, 7) is 4.58. The smallest absolute Gasteiger partial charge is 0.337 e. The summed E-state index contributed by atoms with van der Waals surface area (Å²) in [5.41, 5.74) is 0.622. The molecule has 0 saturated carbocycles. The average Bonchev–Trinajstić information content (AvgIpc) is 3.28. The molecular formula is C17H21N7O2. The van der Waals surface area contributed by atoms with Crippen molar-refractivity contribution in [3.05, 3.63) is 46.7 Å². The zero-order valence-electron chi connectivity index (χ0n) is 14.6. The molecule has 3 aromatic rings. The van der Waals surface area contributed by atoms with E-state index in [1.54, 1.807) is 17.0 Å². The van der Waals surface area contributed by atoms with Crippen LogP contribution in [0.2, 0.25) is 0 Å². The minimum Gasteiger partial charge on any atom is -0.337 e. The number of hydrogen-bond acceptors (Lipinski definition) is 7. The summed E-state index contributed by atoms with van der Waals surface area (Å²) in [6, 6.07) is 3.66. The Balaban J connectivity index is 1.60. The standard InChI is InChI=1S/C17H21N7O2/c1-2-23-16(13-6-4-8-19-10-13)21-24(17(23)25)11-14-20-15(22-26-14)12-5-3-7-18-9-12/h3,5,7,9,13,19H,2,4,6,8,10-11H2,1H3. The highest BCUT2D eigenvalue weighted by molar-refractivity contribution is 5.51. The largest absolute Gasteiger partial charge is 0.346 e. The first-order chi connectivity index (χ1) is 12.8. The third kappa shape index (κ3) is 3.17. The molecule has 1 aliphatic rings. The van der Waals surface area contributed by atoms with Crippen LogP contribution in [0, 0.1) is 0 Å². The van der Waals surface area contributed by atoms with Crippen molar-refractivity contribution in [1.29, 1.82) is 0 Å². The van der Waals surface area contributed by atoms with Crippen molar-refractivity contribution in [3.8, 4) is 11.4 Å². The Morgan fingerprint density at radius 3 is 3.08 bits per heavy atom. The van der Waals surface area contributed by atoms with E-state index in [1.807, 2.05) is 19.1 Å². The zero-order valence-corrected chi connectivity index (χ0v) is 14.6. The fraction of sp³-hybridized carbons (Fsp3) is 0.471. The lowest BCUT2D eigenvalue weighted by molar-refractivity contribution is 0.363. The molecule has 9 nitrogen and oxygen atoms in total. The molecule has 4 rings (SSSR count). The van der Waals surface area contributed by atoms with E-state index in [-0.39, 0.29) is 18.2 Å². The molecule has 0 bridgehead atoms. The fourth-order valence-corrected chi connectivity index (χ4v) is 3.29. The van der Waals surface area contributed by atoms with E-state index in [4.69, 9.17) is 4.52 Å². The molecule has 1 unspecified atom stereocenters. The number of rotatable bonds is 5. The van der Waals surface area contributed by atoms with Crippen molar-refractivity contribution in [2.75, 3.05) is 13.1 Å². The molecule has 0 aromatic carbocycles. The van der Waals surface area contributed by atoms with Crippen molar-refractivity contribution >= 4 is 0 Å². The number of pyridine rings is 1. The van der Waals surface area contributed by atoms with Crippen LogP contribution in [0.25, 0.3) is 11.4 Å². The lowest BCUT2D eigenvalue weighted by Crippen LogP contribution is -2.31. The van der Waals surface area contributed by atoms with Gasteiger partial charge in [-0.25, -0.2) is 9.48 Å². The van der Waals surface area contributed by atoms with Crippen molar-refractivity contribution in [2.45, 2.75) is 38.8 Å². The molecule has 0 spiro atoms. The van der Waals surface area contributed by atoms with Crippen LogP contribution < -0.4 is 11.0 Å². The van der Waals surface area contributed by atoms with Crippen LogP contribution in [-0.4, -0.2) is 42.6 Å². The molecule has 1 atom stereocenters. The van der Waals surface area contributed by atoms with E-state index in [0.717, 1.165) is 37.3 Å². The van der Waals surface area contributed by atoms with Crippen molar-refractivity contribution in [2.24, 2.45) is 0 Å². The summed E-state index contributed by atoms with van der Waals surface area (Å²) < 4.78 is 8.44. The van der Waals surface area contributed by atoms with Gasteiger partial charge in [0.1, 0.15) is 12.4 Å². The van der Waals surface area contributed by atoms with E-state index < -0.39 is 0 Å². The van der Waals surface area contributed by atoms with E-state index >= 15 is 0 Å². The molecule has 1 N–H and O–H groups in total. The van der Waals surface area contributed by atoms with Crippen LogP contribution >= 0.6 is 0 Å². The molecule has 26 heavy (non-hydrogen) atoms. The van der Waals surface area contributed by atoms with Crippen LogP contribution in [0.5, 0.6) is 0 Å². The van der Waals surface area contributed by atoms with E-state index in [9.17, 15) is 4.79 Å². The van der Waals surface area contributed by atoms with Gasteiger partial charge >= 0.3 is 5.69 Å². The predicted molar refractivity (Wildman–Crippen MR) is 93.6 cm³/mol. The Kier molecular flexibility index (Phi) is 4.61. The van der Waals surface area contributed by atoms with Gasteiger partial charge in [0.25, 0.3) is 0 Å². The van der Waals surface area contributed by atoms with Gasteiger partial charge in [0.2, 0.25) is 11.7 Å². The van der Waals surface area contributed by atoms with Crippen molar-refractivity contribution in [3.63, 3.8) is 0 Å². The number of nitrogens with one attached hydrogen (secondary N) is 1. The Morgan fingerprint density at radius 2 is 2.35 bits per heavy atom. The topological polar surface area (TPSA) is 104 Å².